The van der Waals surface area contributed by atoms with Crippen LogP contribution in [0.3, 0.4) is 0 Å². The Hall–Kier alpha value is -3.01. The fraction of sp³-hybridized carbons (Fsp3) is 0.577. The molecule has 2 unspecified atom stereocenters. The van der Waals surface area contributed by atoms with E-state index in [-0.39, 0.29) is 11.8 Å². The molecule has 1 saturated carbocycles. The maximum Gasteiger partial charge on any atom is 0.223 e. The van der Waals surface area contributed by atoms with E-state index in [1.807, 2.05) is 43.2 Å². The molecule has 10 heteroatoms. The molecule has 0 spiro atoms. The number of anilines is 2. The number of piperidine rings is 1. The summed E-state index contributed by atoms with van der Waals surface area (Å²) in [7, 11) is 1.94. The average Bonchev–Trinajstić information content (AvgIpc) is 3.52. The van der Waals surface area contributed by atoms with Crippen molar-refractivity contribution in [2.45, 2.75) is 65.0 Å². The normalized spacial score (nSPS) is 20.9. The first-order valence-electron chi connectivity index (χ1n) is 13.0. The van der Waals surface area contributed by atoms with Crippen LogP contribution in [0, 0.1) is 18.8 Å². The summed E-state index contributed by atoms with van der Waals surface area (Å²) in [5.41, 5.74) is 3.15. The van der Waals surface area contributed by atoms with Crippen LogP contribution in [-0.2, 0) is 18.4 Å². The largest absolute Gasteiger partial charge is 0.364 e. The van der Waals surface area contributed by atoms with Crippen molar-refractivity contribution in [3.8, 4) is 10.6 Å². The van der Waals surface area contributed by atoms with Crippen LogP contribution in [0.2, 0.25) is 0 Å². The van der Waals surface area contributed by atoms with Crippen LogP contribution in [0.5, 0.6) is 0 Å². The van der Waals surface area contributed by atoms with Gasteiger partial charge in [0.25, 0.3) is 0 Å². The zero-order valence-electron chi connectivity index (χ0n) is 21.4. The van der Waals surface area contributed by atoms with E-state index in [4.69, 9.17) is 0 Å². The molecule has 0 radical (unpaired) electrons. The van der Waals surface area contributed by atoms with Gasteiger partial charge in [-0.25, -0.2) is 4.98 Å². The molecule has 36 heavy (non-hydrogen) atoms. The van der Waals surface area contributed by atoms with E-state index in [1.165, 1.54) is 19.3 Å². The average molecular weight is 509 g/mol. The number of pyridine rings is 1. The molecular weight excluding hydrogens is 472 g/mol. The van der Waals surface area contributed by atoms with Crippen LogP contribution in [0.15, 0.2) is 24.5 Å². The number of nitrogens with zero attached hydrogens (tertiary/aromatic N) is 6. The lowest BCUT2D eigenvalue weighted by Crippen LogP contribution is -2.46. The van der Waals surface area contributed by atoms with E-state index in [0.29, 0.717) is 18.5 Å². The molecule has 2 atom stereocenters. The minimum absolute atomic E-state index is 0.0918. The Kier molecular flexibility index (Phi) is 7.50. The summed E-state index contributed by atoms with van der Waals surface area (Å²) in [4.78, 5) is 19.6. The molecule has 192 valence electrons. The fourth-order valence-corrected chi connectivity index (χ4v) is 6.14. The van der Waals surface area contributed by atoms with Crippen molar-refractivity contribution in [2.24, 2.45) is 18.9 Å². The van der Waals surface area contributed by atoms with E-state index in [9.17, 15) is 4.79 Å². The summed E-state index contributed by atoms with van der Waals surface area (Å²) >= 11 is 1.59. The van der Waals surface area contributed by atoms with Gasteiger partial charge in [0.2, 0.25) is 11.0 Å². The first-order valence-corrected chi connectivity index (χ1v) is 13.9. The minimum atomic E-state index is 0.0918. The van der Waals surface area contributed by atoms with Crippen LogP contribution >= 0.6 is 11.3 Å². The molecule has 2 N–H and O–H groups in total. The highest BCUT2D eigenvalue weighted by Gasteiger charge is 2.30. The van der Waals surface area contributed by atoms with Gasteiger partial charge < -0.3 is 15.5 Å². The van der Waals surface area contributed by atoms with E-state index in [1.54, 1.807) is 11.3 Å². The van der Waals surface area contributed by atoms with Crippen LogP contribution in [0.4, 0.5) is 10.9 Å². The van der Waals surface area contributed by atoms with E-state index in [0.717, 1.165) is 65.1 Å². The maximum absolute atomic E-state index is 12.9. The number of carbonyl (C=O) groups excluding carboxylic acids is 1. The SMILES string of the molecule is Cc1ccc(NCc2c(-c3nnc(N4CCC(C(=O)NC5CCCCC5C)CC4)s3)cnn2C)nc1. The molecule has 9 nitrogen and oxygen atoms in total. The number of hydrogen-bond donors (Lipinski definition) is 2. The zero-order chi connectivity index (χ0) is 25.1. The molecule has 0 aromatic carbocycles. The van der Waals surface area contributed by atoms with Gasteiger partial charge in [-0.15, -0.1) is 10.2 Å². The van der Waals surface area contributed by atoms with Crippen LogP contribution in [-0.4, -0.2) is 50.0 Å². The van der Waals surface area contributed by atoms with Gasteiger partial charge >= 0.3 is 0 Å². The molecule has 1 aliphatic carbocycles. The smallest absolute Gasteiger partial charge is 0.223 e. The third-order valence-electron chi connectivity index (χ3n) is 7.63. The summed E-state index contributed by atoms with van der Waals surface area (Å²) in [5.74, 6) is 1.75. The molecule has 5 rings (SSSR count). The zero-order valence-corrected chi connectivity index (χ0v) is 22.2. The number of amides is 1. The summed E-state index contributed by atoms with van der Waals surface area (Å²) in [6.45, 7) is 6.54. The molecule has 3 aromatic rings. The van der Waals surface area contributed by atoms with Gasteiger partial charge in [-0.3, -0.25) is 9.48 Å². The molecule has 3 aromatic heterocycles. The predicted octanol–water partition coefficient (Wildman–Crippen LogP) is 4.17. The summed E-state index contributed by atoms with van der Waals surface area (Å²) in [5, 5.41) is 21.9. The van der Waals surface area contributed by atoms with Crippen molar-refractivity contribution in [3.63, 3.8) is 0 Å². The Bertz CT molecular complexity index is 1170. The quantitative estimate of drug-likeness (QED) is 0.494. The molecular formula is C26H36N8OS. The second-order valence-corrected chi connectivity index (χ2v) is 11.2. The van der Waals surface area contributed by atoms with Gasteiger partial charge in [0, 0.05) is 38.3 Å². The van der Waals surface area contributed by atoms with Crippen molar-refractivity contribution in [1.82, 2.24) is 30.3 Å². The molecule has 0 bridgehead atoms. The first-order chi connectivity index (χ1) is 17.5. The molecule has 2 fully saturated rings. The second kappa shape index (κ2) is 10.9. The lowest BCUT2D eigenvalue weighted by molar-refractivity contribution is -0.126. The highest BCUT2D eigenvalue weighted by molar-refractivity contribution is 7.18. The number of rotatable bonds is 7. The highest BCUT2D eigenvalue weighted by atomic mass is 32.1. The van der Waals surface area contributed by atoms with E-state index in [2.05, 4.69) is 42.7 Å². The van der Waals surface area contributed by atoms with Crippen molar-refractivity contribution in [2.75, 3.05) is 23.3 Å². The number of hydrogen-bond acceptors (Lipinski definition) is 8. The van der Waals surface area contributed by atoms with Gasteiger partial charge in [0.05, 0.1) is 24.0 Å². The van der Waals surface area contributed by atoms with Gasteiger partial charge in [-0.1, -0.05) is 37.2 Å². The topological polar surface area (TPSA) is 101 Å². The molecule has 2 aliphatic rings. The van der Waals surface area contributed by atoms with Gasteiger partial charge in [0.15, 0.2) is 5.01 Å². The Balaban J connectivity index is 1.18. The van der Waals surface area contributed by atoms with Crippen molar-refractivity contribution in [3.05, 3.63) is 35.8 Å². The highest BCUT2D eigenvalue weighted by Crippen LogP contribution is 2.33. The second-order valence-electron chi connectivity index (χ2n) is 10.2. The number of aromatic nitrogens is 5. The van der Waals surface area contributed by atoms with Crippen LogP contribution in [0.25, 0.3) is 10.6 Å². The Morgan fingerprint density at radius 2 is 1.92 bits per heavy atom. The lowest BCUT2D eigenvalue weighted by Gasteiger charge is -2.34. The third kappa shape index (κ3) is 5.53. The van der Waals surface area contributed by atoms with Crippen molar-refractivity contribution >= 4 is 28.2 Å². The fourth-order valence-electron chi connectivity index (χ4n) is 5.21. The summed E-state index contributed by atoms with van der Waals surface area (Å²) < 4.78 is 1.87. The molecule has 4 heterocycles. The van der Waals surface area contributed by atoms with Gasteiger partial charge in [-0.05, 0) is 50.2 Å². The minimum Gasteiger partial charge on any atom is -0.364 e. The predicted molar refractivity (Wildman–Crippen MR) is 143 cm³/mol. The van der Waals surface area contributed by atoms with Crippen molar-refractivity contribution in [1.29, 1.82) is 0 Å². The van der Waals surface area contributed by atoms with Crippen LogP contribution in [0.1, 0.15) is 56.7 Å². The first kappa shape index (κ1) is 24.7. The Morgan fingerprint density at radius 1 is 1.11 bits per heavy atom. The molecule has 1 saturated heterocycles. The standard InChI is InChI=1S/C26H36N8OS/c1-17-8-9-23(27-14-17)28-16-22-20(15-29-33(22)3)25-31-32-26(36-25)34-12-10-19(11-13-34)24(35)30-21-7-5-4-6-18(21)2/h8-9,14-15,18-19,21H,4-7,10-13,16H2,1-3H3,(H,27,28)(H,30,35). The van der Waals surface area contributed by atoms with Crippen molar-refractivity contribution < 1.29 is 4.79 Å². The Labute approximate surface area is 216 Å². The monoisotopic (exact) mass is 508 g/mol. The number of nitrogens with one attached hydrogen (secondary N) is 2. The van der Waals surface area contributed by atoms with Gasteiger partial charge in [-0.2, -0.15) is 5.10 Å². The molecule has 1 amide bonds. The maximum atomic E-state index is 12.9. The number of aryl methyl sites for hydroxylation is 2. The molecule has 1 aliphatic heterocycles. The van der Waals surface area contributed by atoms with Gasteiger partial charge in [0.1, 0.15) is 5.82 Å². The summed E-state index contributed by atoms with van der Waals surface area (Å²) in [6.07, 6.45) is 10.3. The van der Waals surface area contributed by atoms with E-state index >= 15 is 0 Å². The number of carbonyl (C=O) groups is 1. The summed E-state index contributed by atoms with van der Waals surface area (Å²) in [6, 6.07) is 4.37. The Morgan fingerprint density at radius 3 is 2.67 bits per heavy atom. The third-order valence-corrected chi connectivity index (χ3v) is 8.65. The van der Waals surface area contributed by atoms with Crippen LogP contribution < -0.4 is 15.5 Å². The lowest BCUT2D eigenvalue weighted by atomic mass is 9.85. The van der Waals surface area contributed by atoms with E-state index < -0.39 is 0 Å².